The predicted molar refractivity (Wildman–Crippen MR) is 197 cm³/mol. The second-order valence-corrected chi connectivity index (χ2v) is 13.9. The number of likely N-dealkylation sites (tertiary alicyclic amines) is 1. The van der Waals surface area contributed by atoms with Gasteiger partial charge in [-0.3, -0.25) is 9.97 Å². The molecule has 1 aliphatic heterocycles. The highest BCUT2D eigenvalue weighted by Gasteiger charge is 2.19. The van der Waals surface area contributed by atoms with Gasteiger partial charge >= 0.3 is 0 Å². The molecule has 2 aromatic heterocycles. The van der Waals surface area contributed by atoms with Gasteiger partial charge in [0.05, 0.1) is 29.5 Å². The minimum atomic E-state index is -0.505. The van der Waals surface area contributed by atoms with Crippen molar-refractivity contribution in [2.24, 2.45) is 0 Å². The number of ether oxygens (including phenoxy) is 3. The summed E-state index contributed by atoms with van der Waals surface area (Å²) < 4.78 is 18.8. The number of nitrogens with zero attached hydrogens (tertiary/aromatic N) is 4. The van der Waals surface area contributed by atoms with Gasteiger partial charge in [-0.05, 0) is 107 Å². The van der Waals surface area contributed by atoms with Crippen LogP contribution in [0.2, 0.25) is 5.02 Å². The molecule has 264 valence electrons. The summed E-state index contributed by atoms with van der Waals surface area (Å²) in [6, 6.07) is 15.7. The van der Waals surface area contributed by atoms with Crippen LogP contribution in [0, 0.1) is 25.2 Å². The Kier molecular flexibility index (Phi) is 13.1. The van der Waals surface area contributed by atoms with E-state index >= 15 is 0 Å². The number of aromatic nitrogens is 2. The molecule has 0 saturated carbocycles. The van der Waals surface area contributed by atoms with Gasteiger partial charge in [0.1, 0.15) is 36.5 Å². The first-order valence-corrected chi connectivity index (χ1v) is 17.7. The lowest BCUT2D eigenvalue weighted by Gasteiger charge is -2.26. The van der Waals surface area contributed by atoms with Crippen LogP contribution in [-0.2, 0) is 19.8 Å². The van der Waals surface area contributed by atoms with E-state index in [1.54, 1.807) is 18.3 Å². The lowest BCUT2D eigenvalue weighted by Crippen LogP contribution is -2.42. The monoisotopic (exact) mass is 697 g/mol. The Morgan fingerprint density at radius 1 is 0.940 bits per heavy atom. The number of halogens is 1. The van der Waals surface area contributed by atoms with Crippen molar-refractivity contribution >= 4 is 11.6 Å². The zero-order valence-corrected chi connectivity index (χ0v) is 30.4. The van der Waals surface area contributed by atoms with Crippen LogP contribution in [-0.4, -0.2) is 58.4 Å². The number of nitriles is 1. The molecular weight excluding hydrogens is 650 g/mol. The van der Waals surface area contributed by atoms with Crippen LogP contribution in [0.25, 0.3) is 11.1 Å². The van der Waals surface area contributed by atoms with E-state index in [9.17, 15) is 10.4 Å². The highest BCUT2D eigenvalue weighted by molar-refractivity contribution is 6.32. The number of hydrogen-bond donors (Lipinski definition) is 2. The first kappa shape index (κ1) is 37.1. The Balaban J connectivity index is 1.30. The van der Waals surface area contributed by atoms with Gasteiger partial charge in [0.15, 0.2) is 0 Å². The average Bonchev–Trinajstić information content (AvgIpc) is 3.13. The highest BCUT2D eigenvalue weighted by atomic mass is 35.5. The topological polar surface area (TPSA) is 113 Å². The first-order chi connectivity index (χ1) is 24.2. The van der Waals surface area contributed by atoms with Gasteiger partial charge < -0.3 is 29.5 Å². The molecule has 0 amide bonds. The molecule has 9 nitrogen and oxygen atoms in total. The molecule has 0 bridgehead atoms. The predicted octanol–water partition coefficient (Wildman–Crippen LogP) is 7.56. The van der Waals surface area contributed by atoms with Crippen molar-refractivity contribution in [3.05, 3.63) is 99.6 Å². The maximum absolute atomic E-state index is 9.76. The molecule has 2 N–H and O–H groups in total. The summed E-state index contributed by atoms with van der Waals surface area (Å²) in [5, 5.41) is 22.8. The van der Waals surface area contributed by atoms with E-state index in [2.05, 4.69) is 46.2 Å². The summed E-state index contributed by atoms with van der Waals surface area (Å²) in [7, 11) is 0. The Labute approximate surface area is 301 Å². The minimum absolute atomic E-state index is 0.0359. The van der Waals surface area contributed by atoms with Gasteiger partial charge in [-0.2, -0.15) is 5.26 Å². The fourth-order valence-corrected chi connectivity index (χ4v) is 6.26. The third-order valence-corrected chi connectivity index (χ3v) is 9.45. The summed E-state index contributed by atoms with van der Waals surface area (Å²) in [5.74, 6) is 1.93. The van der Waals surface area contributed by atoms with E-state index in [1.807, 2.05) is 44.3 Å². The highest BCUT2D eigenvalue weighted by Crippen LogP contribution is 2.36. The standard InChI is InChI=1S/C40H48ClN5O4/c1-28-34(33-10-8-11-37(29(33)2)48-17-9-16-46-14-6-5-7-15-46)12-13-44-36(28)26-50-39-20-38(49-25-31-18-30(21-42)22-43-23-31)32(19-35(39)41)24-45-40(3,4)27-47/h8,10-13,18-20,22-23,45,47H,5-7,9,14-17,24-27H2,1-4H3. The molecule has 1 aliphatic rings. The van der Waals surface area contributed by atoms with E-state index in [0.717, 1.165) is 57.8 Å². The minimum Gasteiger partial charge on any atom is -0.493 e. The molecule has 5 rings (SSSR count). The van der Waals surface area contributed by atoms with E-state index in [-0.39, 0.29) is 19.8 Å². The molecule has 0 unspecified atom stereocenters. The van der Waals surface area contributed by atoms with Crippen molar-refractivity contribution in [2.45, 2.75) is 78.7 Å². The molecule has 0 aliphatic carbocycles. The van der Waals surface area contributed by atoms with Gasteiger partial charge in [-0.1, -0.05) is 30.2 Å². The fourth-order valence-electron chi connectivity index (χ4n) is 6.02. The van der Waals surface area contributed by atoms with Crippen molar-refractivity contribution in [1.82, 2.24) is 20.2 Å². The Bertz CT molecular complexity index is 1780. The second-order valence-electron chi connectivity index (χ2n) is 13.5. The van der Waals surface area contributed by atoms with Gasteiger partial charge in [-0.15, -0.1) is 0 Å². The maximum atomic E-state index is 9.76. The Morgan fingerprint density at radius 3 is 2.50 bits per heavy atom. The molecule has 1 saturated heterocycles. The van der Waals surface area contributed by atoms with Gasteiger partial charge in [0, 0.05) is 54.4 Å². The van der Waals surface area contributed by atoms with Crippen LogP contribution >= 0.6 is 11.6 Å². The van der Waals surface area contributed by atoms with Crippen LogP contribution in [0.15, 0.2) is 61.1 Å². The number of rotatable bonds is 16. The quantitative estimate of drug-likeness (QED) is 0.115. The third-order valence-electron chi connectivity index (χ3n) is 9.16. The van der Waals surface area contributed by atoms with Crippen LogP contribution in [0.4, 0.5) is 0 Å². The first-order valence-electron chi connectivity index (χ1n) is 17.3. The average molecular weight is 698 g/mol. The Hall–Kier alpha value is -4.20. The molecule has 1 fully saturated rings. The van der Waals surface area contributed by atoms with Crippen LogP contribution < -0.4 is 19.5 Å². The van der Waals surface area contributed by atoms with Crippen LogP contribution in [0.5, 0.6) is 17.2 Å². The molecular formula is C40H48ClN5O4. The lowest BCUT2D eigenvalue weighted by molar-refractivity contribution is 0.186. The smallest absolute Gasteiger partial charge is 0.142 e. The van der Waals surface area contributed by atoms with Crippen molar-refractivity contribution in [2.75, 3.05) is 32.8 Å². The van der Waals surface area contributed by atoms with E-state index in [4.69, 9.17) is 25.8 Å². The van der Waals surface area contributed by atoms with Gasteiger partial charge in [-0.25, -0.2) is 0 Å². The normalized spacial score (nSPS) is 13.5. The van der Waals surface area contributed by atoms with Gasteiger partial charge in [0.2, 0.25) is 0 Å². The number of nitrogens with one attached hydrogen (secondary N) is 1. The summed E-state index contributed by atoms with van der Waals surface area (Å²) >= 11 is 6.77. The third kappa shape index (κ3) is 9.95. The number of hydrogen-bond acceptors (Lipinski definition) is 9. The largest absolute Gasteiger partial charge is 0.493 e. The van der Waals surface area contributed by atoms with E-state index in [0.29, 0.717) is 35.2 Å². The second kappa shape index (κ2) is 17.6. The van der Waals surface area contributed by atoms with Crippen LogP contribution in [0.3, 0.4) is 0 Å². The Morgan fingerprint density at radius 2 is 1.72 bits per heavy atom. The van der Waals surface area contributed by atoms with Crippen molar-refractivity contribution < 1.29 is 19.3 Å². The van der Waals surface area contributed by atoms with Gasteiger partial charge in [0.25, 0.3) is 0 Å². The number of aliphatic hydroxyl groups excluding tert-OH is 1. The summed E-state index contributed by atoms with van der Waals surface area (Å²) in [6.07, 6.45) is 9.96. The van der Waals surface area contributed by atoms with E-state index in [1.165, 1.54) is 38.5 Å². The number of pyridine rings is 2. The van der Waals surface area contributed by atoms with Crippen molar-refractivity contribution in [3.8, 4) is 34.4 Å². The maximum Gasteiger partial charge on any atom is 0.142 e. The number of piperidine rings is 1. The number of aliphatic hydroxyl groups is 1. The summed E-state index contributed by atoms with van der Waals surface area (Å²) in [4.78, 5) is 11.3. The molecule has 0 spiro atoms. The number of benzene rings is 2. The molecule has 0 atom stereocenters. The van der Waals surface area contributed by atoms with Crippen molar-refractivity contribution in [3.63, 3.8) is 0 Å². The molecule has 50 heavy (non-hydrogen) atoms. The zero-order chi connectivity index (χ0) is 35.5. The summed E-state index contributed by atoms with van der Waals surface area (Å²) in [6.45, 7) is 12.9. The molecule has 0 radical (unpaired) electrons. The molecule has 2 aromatic carbocycles. The van der Waals surface area contributed by atoms with E-state index < -0.39 is 5.54 Å². The molecule has 10 heteroatoms. The van der Waals surface area contributed by atoms with Crippen molar-refractivity contribution in [1.29, 1.82) is 5.26 Å². The lowest BCUT2D eigenvalue weighted by atomic mass is 9.96. The molecule has 4 aromatic rings. The zero-order valence-electron chi connectivity index (χ0n) is 29.6. The summed E-state index contributed by atoms with van der Waals surface area (Å²) in [5.41, 5.74) is 6.60. The fraction of sp³-hybridized carbons (Fsp3) is 0.425. The molecule has 3 heterocycles. The van der Waals surface area contributed by atoms with Crippen LogP contribution in [0.1, 0.15) is 73.0 Å². The SMILES string of the molecule is Cc1c(OCCCN2CCCCC2)cccc1-c1ccnc(COc2cc(OCc3cncc(C#N)c3)c(CNC(C)(C)CO)cc2Cl)c1C.